The van der Waals surface area contributed by atoms with Gasteiger partial charge in [0.25, 0.3) is 5.91 Å². The van der Waals surface area contributed by atoms with Gasteiger partial charge in [0, 0.05) is 29.7 Å². The van der Waals surface area contributed by atoms with E-state index in [9.17, 15) is 9.59 Å². The Kier molecular flexibility index (Phi) is 5.94. The smallest absolute Gasteiger partial charge is 0.269 e. The quantitative estimate of drug-likeness (QED) is 0.626. The zero-order valence-electron chi connectivity index (χ0n) is 15.1. The average Bonchev–Trinajstić information content (AvgIpc) is 2.69. The molecule has 0 aliphatic heterocycles. The van der Waals surface area contributed by atoms with Crippen LogP contribution in [0.15, 0.2) is 72.9 Å². The van der Waals surface area contributed by atoms with E-state index in [1.165, 1.54) is 12.5 Å². The molecule has 1 aromatic heterocycles. The first-order valence-electron chi connectivity index (χ1n) is 8.78. The van der Waals surface area contributed by atoms with E-state index in [1.807, 2.05) is 42.5 Å². The number of Topliss-reactive ketones (excluding diaryl/α,β-unsaturated/α-hetero) is 1. The van der Waals surface area contributed by atoms with Crippen molar-refractivity contribution in [3.8, 4) is 0 Å². The molecule has 0 aliphatic rings. The van der Waals surface area contributed by atoms with Gasteiger partial charge in [-0.15, -0.1) is 0 Å². The molecule has 1 heterocycles. The summed E-state index contributed by atoms with van der Waals surface area (Å²) in [6.45, 7) is 2.09. The Labute approximate surface area is 158 Å². The number of benzene rings is 2. The highest BCUT2D eigenvalue weighted by molar-refractivity contribution is 5.94. The van der Waals surface area contributed by atoms with Crippen LogP contribution in [0.25, 0.3) is 0 Å². The maximum atomic E-state index is 12.3. The van der Waals surface area contributed by atoms with Crippen LogP contribution < -0.4 is 10.6 Å². The summed E-state index contributed by atoms with van der Waals surface area (Å²) in [7, 11) is 0. The van der Waals surface area contributed by atoms with Crippen LogP contribution in [0.1, 0.15) is 33.3 Å². The molecule has 1 amide bonds. The number of hydrogen-bond acceptors (Lipinski definition) is 4. The first-order valence-corrected chi connectivity index (χ1v) is 8.78. The van der Waals surface area contributed by atoms with Crippen LogP contribution in [-0.4, -0.2) is 23.2 Å². The second-order valence-corrected chi connectivity index (χ2v) is 6.18. The molecule has 2 aromatic carbocycles. The fourth-order valence-electron chi connectivity index (χ4n) is 2.64. The number of anilines is 2. The summed E-state index contributed by atoms with van der Waals surface area (Å²) >= 11 is 0. The van der Waals surface area contributed by atoms with Crippen LogP contribution in [-0.2, 0) is 6.42 Å². The first kappa shape index (κ1) is 18.3. The van der Waals surface area contributed by atoms with Crippen molar-refractivity contribution in [1.82, 2.24) is 10.3 Å². The number of hydrogen-bond donors (Lipinski definition) is 2. The average molecular weight is 359 g/mol. The summed E-state index contributed by atoms with van der Waals surface area (Å²) in [5.41, 5.74) is 3.78. The molecule has 136 valence electrons. The minimum absolute atomic E-state index is 0.0277. The lowest BCUT2D eigenvalue weighted by Gasteiger charge is -2.09. The van der Waals surface area contributed by atoms with Crippen molar-refractivity contribution in [1.29, 1.82) is 0 Å². The van der Waals surface area contributed by atoms with Gasteiger partial charge in [-0.1, -0.05) is 30.3 Å². The zero-order valence-corrected chi connectivity index (χ0v) is 15.1. The van der Waals surface area contributed by atoms with E-state index in [2.05, 4.69) is 15.6 Å². The van der Waals surface area contributed by atoms with Crippen LogP contribution in [0.2, 0.25) is 0 Å². The van der Waals surface area contributed by atoms with E-state index >= 15 is 0 Å². The number of carbonyl (C=O) groups excluding carboxylic acids is 2. The van der Waals surface area contributed by atoms with E-state index in [0.29, 0.717) is 17.8 Å². The van der Waals surface area contributed by atoms with E-state index < -0.39 is 0 Å². The molecule has 0 radical (unpaired) electrons. The molecule has 0 saturated heterocycles. The zero-order chi connectivity index (χ0) is 19.1. The fraction of sp³-hybridized carbons (Fsp3) is 0.136. The van der Waals surface area contributed by atoms with Gasteiger partial charge in [0.15, 0.2) is 5.78 Å². The summed E-state index contributed by atoms with van der Waals surface area (Å²) in [5, 5.41) is 6.11. The molecule has 3 rings (SSSR count). The SMILES string of the molecule is CC(=O)c1ccc(Nc2ccnc(C(=O)NCCc3ccccc3)c2)cc1. The Bertz CT molecular complexity index is 922. The summed E-state index contributed by atoms with van der Waals surface area (Å²) in [4.78, 5) is 27.8. The number of ketones is 1. The third kappa shape index (κ3) is 5.25. The van der Waals surface area contributed by atoms with Crippen molar-refractivity contribution < 1.29 is 9.59 Å². The highest BCUT2D eigenvalue weighted by Crippen LogP contribution is 2.17. The van der Waals surface area contributed by atoms with Crippen LogP contribution in [0.4, 0.5) is 11.4 Å². The topological polar surface area (TPSA) is 71.1 Å². The Morgan fingerprint density at radius 3 is 2.37 bits per heavy atom. The van der Waals surface area contributed by atoms with Gasteiger partial charge in [-0.2, -0.15) is 0 Å². The second kappa shape index (κ2) is 8.76. The molecule has 2 N–H and O–H groups in total. The standard InChI is InChI=1S/C22H21N3O2/c1-16(26)18-7-9-19(10-8-18)25-20-12-14-23-21(15-20)22(27)24-13-11-17-5-3-2-4-6-17/h2-10,12,14-15H,11,13H2,1H3,(H,23,25)(H,24,27). The van der Waals surface area contributed by atoms with Crippen molar-refractivity contribution in [2.45, 2.75) is 13.3 Å². The fourth-order valence-corrected chi connectivity index (χ4v) is 2.64. The number of amides is 1. The molecule has 0 saturated carbocycles. The van der Waals surface area contributed by atoms with Gasteiger partial charge in [-0.3, -0.25) is 14.6 Å². The van der Waals surface area contributed by atoms with E-state index in [-0.39, 0.29) is 11.7 Å². The molecule has 5 nitrogen and oxygen atoms in total. The molecule has 27 heavy (non-hydrogen) atoms. The monoisotopic (exact) mass is 359 g/mol. The summed E-state index contributed by atoms with van der Waals surface area (Å²) in [6.07, 6.45) is 2.37. The van der Waals surface area contributed by atoms with Gasteiger partial charge < -0.3 is 10.6 Å². The van der Waals surface area contributed by atoms with Gasteiger partial charge in [-0.05, 0) is 55.3 Å². The molecular weight excluding hydrogens is 338 g/mol. The Balaban J connectivity index is 1.59. The predicted octanol–water partition coefficient (Wildman–Crippen LogP) is 4.00. The Morgan fingerprint density at radius 2 is 1.67 bits per heavy atom. The van der Waals surface area contributed by atoms with Crippen molar-refractivity contribution in [2.75, 3.05) is 11.9 Å². The van der Waals surface area contributed by atoms with Crippen molar-refractivity contribution in [2.24, 2.45) is 0 Å². The summed E-state index contributed by atoms with van der Waals surface area (Å²) < 4.78 is 0. The Morgan fingerprint density at radius 1 is 0.926 bits per heavy atom. The minimum atomic E-state index is -0.207. The number of pyridine rings is 1. The summed E-state index contributed by atoms with van der Waals surface area (Å²) in [6, 6.07) is 20.7. The van der Waals surface area contributed by atoms with Gasteiger partial charge in [0.2, 0.25) is 0 Å². The first-order chi connectivity index (χ1) is 13.1. The Hall–Kier alpha value is -3.47. The lowest BCUT2D eigenvalue weighted by atomic mass is 10.1. The van der Waals surface area contributed by atoms with Gasteiger partial charge in [0.05, 0.1) is 0 Å². The second-order valence-electron chi connectivity index (χ2n) is 6.18. The molecule has 0 unspecified atom stereocenters. The molecule has 0 spiro atoms. The molecule has 0 fully saturated rings. The number of nitrogens with zero attached hydrogens (tertiary/aromatic N) is 1. The van der Waals surface area contributed by atoms with Gasteiger partial charge in [0.1, 0.15) is 5.69 Å². The van der Waals surface area contributed by atoms with Crippen LogP contribution in [0, 0.1) is 0 Å². The maximum Gasteiger partial charge on any atom is 0.269 e. The van der Waals surface area contributed by atoms with Crippen LogP contribution in [0.5, 0.6) is 0 Å². The lowest BCUT2D eigenvalue weighted by Crippen LogP contribution is -2.26. The van der Waals surface area contributed by atoms with Crippen LogP contribution >= 0.6 is 0 Å². The highest BCUT2D eigenvalue weighted by atomic mass is 16.1. The molecule has 3 aromatic rings. The lowest BCUT2D eigenvalue weighted by molar-refractivity contribution is 0.0948. The van der Waals surface area contributed by atoms with E-state index in [0.717, 1.165) is 17.8 Å². The minimum Gasteiger partial charge on any atom is -0.355 e. The molecule has 5 heteroatoms. The third-order valence-corrected chi connectivity index (χ3v) is 4.11. The van der Waals surface area contributed by atoms with E-state index in [1.54, 1.807) is 30.5 Å². The van der Waals surface area contributed by atoms with Crippen molar-refractivity contribution in [3.63, 3.8) is 0 Å². The van der Waals surface area contributed by atoms with Gasteiger partial charge >= 0.3 is 0 Å². The van der Waals surface area contributed by atoms with Crippen molar-refractivity contribution >= 4 is 23.1 Å². The predicted molar refractivity (Wildman–Crippen MR) is 106 cm³/mol. The molecule has 0 bridgehead atoms. The van der Waals surface area contributed by atoms with Crippen LogP contribution in [0.3, 0.4) is 0 Å². The third-order valence-electron chi connectivity index (χ3n) is 4.11. The molecule has 0 aliphatic carbocycles. The maximum absolute atomic E-state index is 12.3. The summed E-state index contributed by atoms with van der Waals surface area (Å²) in [5.74, 6) is -0.179. The van der Waals surface area contributed by atoms with Gasteiger partial charge in [-0.25, -0.2) is 0 Å². The highest BCUT2D eigenvalue weighted by Gasteiger charge is 2.08. The van der Waals surface area contributed by atoms with Crippen molar-refractivity contribution in [3.05, 3.63) is 89.7 Å². The molecular formula is C22H21N3O2. The number of aromatic nitrogens is 1. The number of rotatable bonds is 7. The number of nitrogens with one attached hydrogen (secondary N) is 2. The normalized spacial score (nSPS) is 10.3. The largest absolute Gasteiger partial charge is 0.355 e. The number of carbonyl (C=O) groups is 2. The molecule has 0 atom stereocenters. The van der Waals surface area contributed by atoms with E-state index in [4.69, 9.17) is 0 Å².